The van der Waals surface area contributed by atoms with Crippen LogP contribution in [0, 0.1) is 5.82 Å². The molecular formula is C23H31FIN5O2. The minimum absolute atomic E-state index is 0. The minimum atomic E-state index is -0.512. The van der Waals surface area contributed by atoms with Gasteiger partial charge in [0, 0.05) is 31.4 Å². The van der Waals surface area contributed by atoms with E-state index in [0.29, 0.717) is 12.3 Å². The summed E-state index contributed by atoms with van der Waals surface area (Å²) in [5, 5.41) is 6.79. The number of piperidine rings is 1. The van der Waals surface area contributed by atoms with Crippen molar-refractivity contribution in [2.45, 2.75) is 32.4 Å². The average Bonchev–Trinajstić information content (AvgIpc) is 2.77. The Kier molecular flexibility index (Phi) is 10.5. The second kappa shape index (κ2) is 13.1. The van der Waals surface area contributed by atoms with Gasteiger partial charge in [-0.1, -0.05) is 18.2 Å². The van der Waals surface area contributed by atoms with Crippen LogP contribution >= 0.6 is 24.0 Å². The fraction of sp³-hybridized carbons (Fsp3) is 0.391. The molecule has 1 saturated heterocycles. The SMILES string of the molecule is CCNC(=NCc1cccc(OCC(N)=O)c1)NC1CCCN(c2cccc(F)c2)C1.I. The third kappa shape index (κ3) is 8.18. The normalized spacial score (nSPS) is 16.1. The maximum absolute atomic E-state index is 13.6. The van der Waals surface area contributed by atoms with Crippen LogP contribution in [-0.4, -0.2) is 44.1 Å². The zero-order chi connectivity index (χ0) is 22.1. The number of nitrogens with zero attached hydrogens (tertiary/aromatic N) is 2. The second-order valence-electron chi connectivity index (χ2n) is 7.51. The van der Waals surface area contributed by atoms with Crippen LogP contribution in [0.3, 0.4) is 0 Å². The molecule has 1 heterocycles. The third-order valence-corrected chi connectivity index (χ3v) is 4.98. The summed E-state index contributed by atoms with van der Waals surface area (Å²) in [6.07, 6.45) is 2.04. The van der Waals surface area contributed by atoms with Crippen LogP contribution in [0.15, 0.2) is 53.5 Å². The van der Waals surface area contributed by atoms with Crippen molar-refractivity contribution < 1.29 is 13.9 Å². The Hall–Kier alpha value is -2.56. The van der Waals surface area contributed by atoms with Crippen molar-refractivity contribution in [1.29, 1.82) is 0 Å². The predicted octanol–water partition coefficient (Wildman–Crippen LogP) is 3.03. The Morgan fingerprint density at radius 2 is 2.09 bits per heavy atom. The van der Waals surface area contributed by atoms with Crippen LogP contribution in [0.25, 0.3) is 0 Å². The molecule has 2 aromatic rings. The predicted molar refractivity (Wildman–Crippen MR) is 136 cm³/mol. The first-order valence-electron chi connectivity index (χ1n) is 10.6. The van der Waals surface area contributed by atoms with Gasteiger partial charge in [-0.15, -0.1) is 24.0 Å². The molecule has 9 heteroatoms. The first kappa shape index (κ1) is 25.7. The number of halogens is 2. The number of aliphatic imine (C=N–C) groups is 1. The van der Waals surface area contributed by atoms with Crippen LogP contribution in [0.5, 0.6) is 5.75 Å². The lowest BCUT2D eigenvalue weighted by Gasteiger charge is -2.35. The number of hydrogen-bond donors (Lipinski definition) is 3. The highest BCUT2D eigenvalue weighted by Gasteiger charge is 2.21. The van der Waals surface area contributed by atoms with Gasteiger partial charge in [0.1, 0.15) is 11.6 Å². The molecule has 32 heavy (non-hydrogen) atoms. The maximum Gasteiger partial charge on any atom is 0.255 e. The lowest BCUT2D eigenvalue weighted by Crippen LogP contribution is -2.51. The number of anilines is 1. The van der Waals surface area contributed by atoms with E-state index in [4.69, 9.17) is 15.5 Å². The Morgan fingerprint density at radius 1 is 1.28 bits per heavy atom. The lowest BCUT2D eigenvalue weighted by molar-refractivity contribution is -0.119. The van der Waals surface area contributed by atoms with E-state index in [-0.39, 0.29) is 42.4 Å². The van der Waals surface area contributed by atoms with E-state index in [9.17, 15) is 9.18 Å². The molecule has 2 aromatic carbocycles. The van der Waals surface area contributed by atoms with E-state index in [1.54, 1.807) is 18.2 Å². The van der Waals surface area contributed by atoms with Gasteiger partial charge in [-0.2, -0.15) is 0 Å². The largest absolute Gasteiger partial charge is 0.484 e. The number of ether oxygens (including phenoxy) is 1. The molecule has 3 rings (SSSR count). The summed E-state index contributed by atoms with van der Waals surface area (Å²) in [7, 11) is 0. The van der Waals surface area contributed by atoms with Gasteiger partial charge < -0.3 is 26.0 Å². The molecule has 4 N–H and O–H groups in total. The Morgan fingerprint density at radius 3 is 2.84 bits per heavy atom. The van der Waals surface area contributed by atoms with Crippen LogP contribution in [0.4, 0.5) is 10.1 Å². The van der Waals surface area contributed by atoms with Gasteiger partial charge in [-0.3, -0.25) is 4.79 Å². The summed E-state index contributed by atoms with van der Waals surface area (Å²) in [5.41, 5.74) is 7.00. The van der Waals surface area contributed by atoms with Crippen molar-refractivity contribution in [2.24, 2.45) is 10.7 Å². The average molecular weight is 555 g/mol. The summed E-state index contributed by atoms with van der Waals surface area (Å²) in [6.45, 7) is 4.77. The zero-order valence-electron chi connectivity index (χ0n) is 18.2. The quantitative estimate of drug-likeness (QED) is 0.265. The van der Waals surface area contributed by atoms with Crippen molar-refractivity contribution in [1.82, 2.24) is 10.6 Å². The number of guanidine groups is 1. The standard InChI is InChI=1S/C23H30FN5O2.HI/c1-2-26-23(27-14-17-6-3-10-21(12-17)31-16-22(25)30)28-19-8-5-11-29(15-19)20-9-4-7-18(24)13-20;/h3-4,6-7,9-10,12-13,19H,2,5,8,11,14-16H2,1H3,(H2,25,30)(H2,26,27,28);1H. The molecule has 1 aliphatic rings. The highest BCUT2D eigenvalue weighted by Crippen LogP contribution is 2.21. The number of rotatable bonds is 8. The van der Waals surface area contributed by atoms with Crippen LogP contribution in [0.2, 0.25) is 0 Å². The van der Waals surface area contributed by atoms with E-state index in [1.165, 1.54) is 6.07 Å². The molecule has 0 aromatic heterocycles. The molecule has 1 fully saturated rings. The molecule has 0 aliphatic carbocycles. The number of amides is 1. The van der Waals surface area contributed by atoms with Crippen molar-refractivity contribution >= 4 is 41.5 Å². The summed E-state index contributed by atoms with van der Waals surface area (Å²) in [6, 6.07) is 14.4. The zero-order valence-corrected chi connectivity index (χ0v) is 20.6. The number of hydrogen-bond acceptors (Lipinski definition) is 4. The summed E-state index contributed by atoms with van der Waals surface area (Å²) in [5.74, 6) is 0.589. The molecule has 1 aliphatic heterocycles. The summed E-state index contributed by atoms with van der Waals surface area (Å²) in [4.78, 5) is 17.8. The number of benzene rings is 2. The highest BCUT2D eigenvalue weighted by atomic mass is 127. The van der Waals surface area contributed by atoms with Gasteiger partial charge in [0.25, 0.3) is 5.91 Å². The Balaban J connectivity index is 0.00000363. The van der Waals surface area contributed by atoms with Crippen LogP contribution in [0.1, 0.15) is 25.3 Å². The van der Waals surface area contributed by atoms with E-state index >= 15 is 0 Å². The van der Waals surface area contributed by atoms with Gasteiger partial charge >= 0.3 is 0 Å². The number of nitrogens with one attached hydrogen (secondary N) is 2. The fourth-order valence-corrected chi connectivity index (χ4v) is 3.57. The minimum Gasteiger partial charge on any atom is -0.484 e. The van der Waals surface area contributed by atoms with E-state index in [1.807, 2.05) is 31.2 Å². The van der Waals surface area contributed by atoms with Gasteiger partial charge in [-0.05, 0) is 55.7 Å². The van der Waals surface area contributed by atoms with Crippen molar-refractivity contribution in [3.8, 4) is 5.75 Å². The van der Waals surface area contributed by atoms with E-state index in [2.05, 4.69) is 15.5 Å². The monoisotopic (exact) mass is 555 g/mol. The summed E-state index contributed by atoms with van der Waals surface area (Å²) >= 11 is 0. The van der Waals surface area contributed by atoms with Gasteiger partial charge in [0.05, 0.1) is 6.54 Å². The maximum atomic E-state index is 13.6. The Bertz CT molecular complexity index is 911. The summed E-state index contributed by atoms with van der Waals surface area (Å²) < 4.78 is 19.0. The Labute approximate surface area is 205 Å². The van der Waals surface area contributed by atoms with Gasteiger partial charge in [0.2, 0.25) is 0 Å². The van der Waals surface area contributed by atoms with Crippen LogP contribution < -0.4 is 26.0 Å². The molecule has 0 saturated carbocycles. The molecule has 1 atom stereocenters. The lowest BCUT2D eigenvalue weighted by atomic mass is 10.0. The number of primary amides is 1. The number of carbonyl (C=O) groups excluding carboxylic acids is 1. The molecule has 7 nitrogen and oxygen atoms in total. The smallest absolute Gasteiger partial charge is 0.255 e. The van der Waals surface area contributed by atoms with E-state index in [0.717, 1.165) is 49.7 Å². The van der Waals surface area contributed by atoms with Crippen molar-refractivity contribution in [3.05, 3.63) is 59.9 Å². The first-order valence-corrected chi connectivity index (χ1v) is 10.6. The van der Waals surface area contributed by atoms with Gasteiger partial charge in [-0.25, -0.2) is 9.38 Å². The molecule has 0 radical (unpaired) electrons. The van der Waals surface area contributed by atoms with Gasteiger partial charge in [0.15, 0.2) is 12.6 Å². The first-order chi connectivity index (χ1) is 15.0. The highest BCUT2D eigenvalue weighted by molar-refractivity contribution is 14.0. The molecule has 1 amide bonds. The topological polar surface area (TPSA) is 92.0 Å². The van der Waals surface area contributed by atoms with Crippen molar-refractivity contribution in [2.75, 3.05) is 31.1 Å². The molecule has 174 valence electrons. The number of carbonyl (C=O) groups is 1. The van der Waals surface area contributed by atoms with Crippen molar-refractivity contribution in [3.63, 3.8) is 0 Å². The molecular weight excluding hydrogens is 524 g/mol. The van der Waals surface area contributed by atoms with E-state index < -0.39 is 5.91 Å². The second-order valence-corrected chi connectivity index (χ2v) is 7.51. The fourth-order valence-electron chi connectivity index (χ4n) is 3.57. The number of nitrogens with two attached hydrogens (primary N) is 1. The molecule has 0 spiro atoms. The molecule has 1 unspecified atom stereocenters. The van der Waals surface area contributed by atoms with Crippen LogP contribution in [-0.2, 0) is 11.3 Å². The third-order valence-electron chi connectivity index (χ3n) is 4.98. The molecule has 0 bridgehead atoms.